The number of nitrogens with zero attached hydrogens (tertiary/aromatic N) is 2. The molecular weight excluding hydrogens is 304 g/mol. The van der Waals surface area contributed by atoms with Gasteiger partial charge in [0.2, 0.25) is 0 Å². The molecule has 0 aliphatic rings. The van der Waals surface area contributed by atoms with E-state index in [4.69, 9.17) is 13.4 Å². The summed E-state index contributed by atoms with van der Waals surface area (Å²) in [5, 5.41) is 8.55. The van der Waals surface area contributed by atoms with E-state index in [2.05, 4.69) is 20.8 Å². The maximum atomic E-state index is 11.9. The lowest BCUT2D eigenvalue weighted by Gasteiger charge is -1.99. The van der Waals surface area contributed by atoms with Crippen molar-refractivity contribution in [2.45, 2.75) is 13.5 Å². The molecule has 0 bridgehead atoms. The lowest BCUT2D eigenvalue weighted by atomic mass is 10.3. The van der Waals surface area contributed by atoms with Crippen molar-refractivity contribution in [2.24, 2.45) is 0 Å². The van der Waals surface area contributed by atoms with Crippen LogP contribution >= 0.6 is 0 Å². The summed E-state index contributed by atoms with van der Waals surface area (Å²) >= 11 is 0. The van der Waals surface area contributed by atoms with Crippen molar-refractivity contribution in [3.63, 3.8) is 0 Å². The van der Waals surface area contributed by atoms with Gasteiger partial charge in [0, 0.05) is 6.07 Å². The average Bonchev–Trinajstić information content (AvgIpc) is 3.26. The first-order chi connectivity index (χ1) is 11.1. The number of aromatic nitrogens is 2. The maximum absolute atomic E-state index is 11.9. The first-order valence-electron chi connectivity index (χ1n) is 6.62. The lowest BCUT2D eigenvalue weighted by Crippen LogP contribution is -2.23. The van der Waals surface area contributed by atoms with Crippen LogP contribution in [0.25, 0.3) is 0 Å². The zero-order chi connectivity index (χ0) is 16.2. The largest absolute Gasteiger partial charge is 0.467 e. The number of furan rings is 1. The summed E-state index contributed by atoms with van der Waals surface area (Å²) in [5.74, 6) is 0.103. The molecule has 3 aromatic heterocycles. The molecule has 118 valence electrons. The molecule has 0 atom stereocenters. The lowest BCUT2D eigenvalue weighted by molar-refractivity contribution is 0.0941. The Morgan fingerprint density at radius 2 is 2.09 bits per heavy atom. The number of aryl methyl sites for hydroxylation is 1. The van der Waals surface area contributed by atoms with Crippen LogP contribution < -0.4 is 10.6 Å². The van der Waals surface area contributed by atoms with Crippen molar-refractivity contribution in [3.05, 3.63) is 53.6 Å². The molecule has 9 heteroatoms. The van der Waals surface area contributed by atoms with Crippen LogP contribution in [0.2, 0.25) is 0 Å². The maximum Gasteiger partial charge on any atom is 0.302 e. The highest BCUT2D eigenvalue weighted by Crippen LogP contribution is 2.10. The fraction of sp³-hybridized carbons (Fsp3) is 0.143. The molecule has 0 aliphatic heterocycles. The van der Waals surface area contributed by atoms with Crippen LogP contribution in [0.1, 0.15) is 32.5 Å². The highest BCUT2D eigenvalue weighted by atomic mass is 16.5. The number of rotatable bonds is 5. The standard InChI is InChI=1S/C14H12N4O5/c1-8-5-10(18-23-8)13(20)17-14-16-11(7-22-14)12(19)15-6-9-3-2-4-21-9/h2-5,7H,6H2,1H3,(H,15,19)(H,16,17,20). The fourth-order valence-corrected chi connectivity index (χ4v) is 1.74. The molecule has 3 rings (SSSR count). The van der Waals surface area contributed by atoms with Gasteiger partial charge in [-0.25, -0.2) is 0 Å². The van der Waals surface area contributed by atoms with E-state index in [9.17, 15) is 9.59 Å². The third-order valence-corrected chi connectivity index (χ3v) is 2.82. The molecule has 0 unspecified atom stereocenters. The van der Waals surface area contributed by atoms with Gasteiger partial charge in [-0.1, -0.05) is 5.16 Å². The first-order valence-corrected chi connectivity index (χ1v) is 6.62. The molecule has 0 fully saturated rings. The Balaban J connectivity index is 1.59. The molecule has 0 saturated heterocycles. The SMILES string of the molecule is Cc1cc(C(=O)Nc2nc(C(=O)NCc3ccco3)co2)no1. The van der Waals surface area contributed by atoms with Crippen LogP contribution in [0.4, 0.5) is 6.01 Å². The summed E-state index contributed by atoms with van der Waals surface area (Å²) in [5.41, 5.74) is 0.118. The van der Waals surface area contributed by atoms with Gasteiger partial charge in [-0.2, -0.15) is 4.98 Å². The van der Waals surface area contributed by atoms with Crippen LogP contribution in [0, 0.1) is 6.92 Å². The predicted molar refractivity (Wildman–Crippen MR) is 75.6 cm³/mol. The van der Waals surface area contributed by atoms with Crippen molar-refractivity contribution in [1.29, 1.82) is 0 Å². The Labute approximate surface area is 129 Å². The van der Waals surface area contributed by atoms with Gasteiger partial charge in [0.05, 0.1) is 12.8 Å². The van der Waals surface area contributed by atoms with Gasteiger partial charge in [-0.05, 0) is 19.1 Å². The minimum atomic E-state index is -0.550. The number of hydrogen-bond acceptors (Lipinski definition) is 7. The summed E-state index contributed by atoms with van der Waals surface area (Å²) in [6.07, 6.45) is 2.65. The van der Waals surface area contributed by atoms with E-state index in [-0.39, 0.29) is 23.9 Å². The number of carbonyl (C=O) groups excluding carboxylic acids is 2. The third kappa shape index (κ3) is 3.46. The number of anilines is 1. The second kappa shape index (κ2) is 6.18. The first kappa shape index (κ1) is 14.6. The zero-order valence-electron chi connectivity index (χ0n) is 12.0. The number of oxazole rings is 1. The predicted octanol–water partition coefficient (Wildman–Crippen LogP) is 1.75. The van der Waals surface area contributed by atoms with E-state index >= 15 is 0 Å². The van der Waals surface area contributed by atoms with Gasteiger partial charge in [-0.15, -0.1) is 0 Å². The molecule has 0 spiro atoms. The molecule has 2 amide bonds. The summed E-state index contributed by atoms with van der Waals surface area (Å²) in [6.45, 7) is 1.88. The molecule has 0 aliphatic carbocycles. The number of hydrogen-bond donors (Lipinski definition) is 2. The third-order valence-electron chi connectivity index (χ3n) is 2.82. The van der Waals surface area contributed by atoms with Gasteiger partial charge in [0.25, 0.3) is 11.8 Å². The van der Waals surface area contributed by atoms with E-state index < -0.39 is 11.8 Å². The molecule has 23 heavy (non-hydrogen) atoms. The van der Waals surface area contributed by atoms with E-state index in [1.165, 1.54) is 12.3 Å². The Morgan fingerprint density at radius 1 is 1.22 bits per heavy atom. The van der Waals surface area contributed by atoms with Crippen LogP contribution in [0.15, 0.2) is 44.1 Å². The van der Waals surface area contributed by atoms with Crippen molar-refractivity contribution in [3.8, 4) is 0 Å². The van der Waals surface area contributed by atoms with Crippen LogP contribution in [-0.4, -0.2) is 22.0 Å². The topological polar surface area (TPSA) is 123 Å². The molecule has 0 saturated carbocycles. The van der Waals surface area contributed by atoms with Crippen LogP contribution in [0.3, 0.4) is 0 Å². The van der Waals surface area contributed by atoms with Gasteiger partial charge >= 0.3 is 6.01 Å². The smallest absolute Gasteiger partial charge is 0.302 e. The van der Waals surface area contributed by atoms with Gasteiger partial charge < -0.3 is 18.7 Å². The van der Waals surface area contributed by atoms with E-state index in [0.29, 0.717) is 11.5 Å². The Hall–Kier alpha value is -3.36. The molecule has 3 heterocycles. The van der Waals surface area contributed by atoms with Crippen LogP contribution in [-0.2, 0) is 6.54 Å². The van der Waals surface area contributed by atoms with Crippen molar-refractivity contribution < 1.29 is 22.9 Å². The highest BCUT2D eigenvalue weighted by molar-refractivity contribution is 6.02. The van der Waals surface area contributed by atoms with E-state index in [1.54, 1.807) is 19.1 Å². The number of carbonyl (C=O) groups is 2. The summed E-state index contributed by atoms with van der Waals surface area (Å²) < 4.78 is 14.9. The second-order valence-corrected chi connectivity index (χ2v) is 4.58. The van der Waals surface area contributed by atoms with Crippen molar-refractivity contribution in [1.82, 2.24) is 15.5 Å². The Morgan fingerprint density at radius 3 is 2.78 bits per heavy atom. The molecule has 0 aromatic carbocycles. The normalized spacial score (nSPS) is 10.5. The fourth-order valence-electron chi connectivity index (χ4n) is 1.74. The molecule has 3 aromatic rings. The Kier molecular flexibility index (Phi) is 3.91. The van der Waals surface area contributed by atoms with Gasteiger partial charge in [-0.3, -0.25) is 14.9 Å². The zero-order valence-corrected chi connectivity index (χ0v) is 12.0. The average molecular weight is 316 g/mol. The monoisotopic (exact) mass is 316 g/mol. The molecule has 0 radical (unpaired) electrons. The molecule has 9 nitrogen and oxygen atoms in total. The minimum Gasteiger partial charge on any atom is -0.467 e. The van der Waals surface area contributed by atoms with Gasteiger partial charge in [0.1, 0.15) is 17.8 Å². The number of nitrogens with one attached hydrogen (secondary N) is 2. The summed E-state index contributed by atoms with van der Waals surface area (Å²) in [7, 11) is 0. The molecule has 2 N–H and O–H groups in total. The van der Waals surface area contributed by atoms with E-state index in [0.717, 1.165) is 6.26 Å². The second-order valence-electron chi connectivity index (χ2n) is 4.58. The Bertz CT molecular complexity index is 818. The number of amides is 2. The highest BCUT2D eigenvalue weighted by Gasteiger charge is 2.17. The van der Waals surface area contributed by atoms with Gasteiger partial charge in [0.15, 0.2) is 11.4 Å². The van der Waals surface area contributed by atoms with Crippen molar-refractivity contribution >= 4 is 17.8 Å². The minimum absolute atomic E-state index is 0.0307. The van der Waals surface area contributed by atoms with E-state index in [1.807, 2.05) is 0 Å². The molecular formula is C14H12N4O5. The van der Waals surface area contributed by atoms with Crippen molar-refractivity contribution in [2.75, 3.05) is 5.32 Å². The summed E-state index contributed by atoms with van der Waals surface area (Å²) in [4.78, 5) is 27.6. The summed E-state index contributed by atoms with van der Waals surface area (Å²) in [6, 6.07) is 4.81. The quantitative estimate of drug-likeness (QED) is 0.734. The van der Waals surface area contributed by atoms with Crippen LogP contribution in [0.5, 0.6) is 0 Å².